The van der Waals surface area contributed by atoms with Crippen molar-refractivity contribution in [3.8, 4) is 6.07 Å². The fourth-order valence-electron chi connectivity index (χ4n) is 4.91. The molecule has 2 heterocycles. The van der Waals surface area contributed by atoms with Crippen LogP contribution < -0.4 is 16.0 Å². The first-order valence-electron chi connectivity index (χ1n) is 11.6. The number of para-hydroxylation sites is 1. The highest BCUT2D eigenvalue weighted by Gasteiger charge is 2.56. The van der Waals surface area contributed by atoms with Crippen LogP contribution in [0.5, 0.6) is 0 Å². The minimum Gasteiger partial charge on any atom is -0.326 e. The third-order valence-corrected chi connectivity index (χ3v) is 6.52. The van der Waals surface area contributed by atoms with Crippen molar-refractivity contribution >= 4 is 29.2 Å². The van der Waals surface area contributed by atoms with E-state index in [0.29, 0.717) is 11.8 Å². The molecule has 0 aliphatic carbocycles. The molecule has 2 aliphatic rings. The molecule has 1 fully saturated rings. The number of urea groups is 1. The summed E-state index contributed by atoms with van der Waals surface area (Å²) in [6.07, 6.45) is 0.350. The van der Waals surface area contributed by atoms with Gasteiger partial charge in [-0.05, 0) is 35.6 Å². The smallest absolute Gasteiger partial charge is 0.319 e. The van der Waals surface area contributed by atoms with Gasteiger partial charge in [0.05, 0.1) is 17.2 Å². The maximum absolute atomic E-state index is 14.0. The van der Waals surface area contributed by atoms with Gasteiger partial charge in [0.1, 0.15) is 23.7 Å². The molecule has 3 N–H and O–H groups in total. The molecule has 2 aliphatic heterocycles. The minimum absolute atomic E-state index is 0.0105. The number of nitrogens with one attached hydrogen (secondary N) is 3. The van der Waals surface area contributed by atoms with Crippen LogP contribution in [0.25, 0.3) is 0 Å². The second-order valence-electron chi connectivity index (χ2n) is 10.4. The van der Waals surface area contributed by atoms with E-state index in [1.165, 1.54) is 4.90 Å². The summed E-state index contributed by atoms with van der Waals surface area (Å²) in [5, 5.41) is 17.6. The molecule has 2 aromatic carbocycles. The van der Waals surface area contributed by atoms with Crippen LogP contribution in [0.3, 0.4) is 0 Å². The molecule has 188 valence electrons. The molecule has 1 spiro atoms. The summed E-state index contributed by atoms with van der Waals surface area (Å²) in [5.41, 5.74) is -0.316. The average Bonchev–Trinajstić information content (AvgIpc) is 3.32. The maximum atomic E-state index is 14.0. The summed E-state index contributed by atoms with van der Waals surface area (Å²) >= 11 is 0. The van der Waals surface area contributed by atoms with Crippen molar-refractivity contribution < 1.29 is 23.2 Å². The zero-order valence-corrected chi connectivity index (χ0v) is 20.2. The highest BCUT2D eigenvalue weighted by molar-refractivity contribution is 6.07. The van der Waals surface area contributed by atoms with Gasteiger partial charge in [0.25, 0.3) is 0 Å². The molecule has 8 nitrogen and oxygen atoms in total. The van der Waals surface area contributed by atoms with E-state index in [2.05, 4.69) is 22.0 Å². The summed E-state index contributed by atoms with van der Waals surface area (Å²) in [5.74, 6) is -2.53. The van der Waals surface area contributed by atoms with Gasteiger partial charge in [-0.25, -0.2) is 13.6 Å². The Morgan fingerprint density at radius 1 is 1.25 bits per heavy atom. The average molecular weight is 496 g/mol. The van der Waals surface area contributed by atoms with Crippen LogP contribution in [-0.4, -0.2) is 41.4 Å². The molecule has 4 amide bonds. The third-order valence-electron chi connectivity index (χ3n) is 6.52. The molecule has 2 aromatic rings. The quantitative estimate of drug-likeness (QED) is 0.597. The van der Waals surface area contributed by atoms with E-state index >= 15 is 0 Å². The molecule has 4 rings (SSSR count). The summed E-state index contributed by atoms with van der Waals surface area (Å²) in [6, 6.07) is 9.25. The number of likely N-dealkylation sites (tertiary alicyclic amines) is 1. The number of carbonyl (C=O) groups is 3. The first-order chi connectivity index (χ1) is 16.9. The molecule has 0 unspecified atom stereocenters. The number of carbonyl (C=O) groups excluding carboxylic acids is 3. The molecule has 1 saturated heterocycles. The maximum Gasteiger partial charge on any atom is 0.319 e. The predicted molar refractivity (Wildman–Crippen MR) is 129 cm³/mol. The largest absolute Gasteiger partial charge is 0.326 e. The Morgan fingerprint density at radius 3 is 2.64 bits per heavy atom. The van der Waals surface area contributed by atoms with Crippen LogP contribution in [0.15, 0.2) is 42.5 Å². The fourth-order valence-corrected chi connectivity index (χ4v) is 4.91. The van der Waals surface area contributed by atoms with Crippen LogP contribution in [0.2, 0.25) is 0 Å². The predicted octanol–water partition coefficient (Wildman–Crippen LogP) is 3.91. The van der Waals surface area contributed by atoms with Crippen LogP contribution in [0.1, 0.15) is 39.2 Å². The molecule has 0 aromatic heterocycles. The van der Waals surface area contributed by atoms with Crippen molar-refractivity contribution in [1.29, 1.82) is 5.26 Å². The second kappa shape index (κ2) is 9.22. The van der Waals surface area contributed by atoms with Gasteiger partial charge in [-0.2, -0.15) is 5.26 Å². The first kappa shape index (κ1) is 25.1. The van der Waals surface area contributed by atoms with Gasteiger partial charge < -0.3 is 20.9 Å². The minimum atomic E-state index is -1.06. The lowest BCUT2D eigenvalue weighted by Crippen LogP contribution is -2.52. The van der Waals surface area contributed by atoms with Gasteiger partial charge in [0.15, 0.2) is 0 Å². The standard InChI is InChI=1S/C26H27F2N5O3/c1-25(2,3)12-21(32-24(36)31-20-9-8-15(27)10-18(20)28)22(34)33-14-26(11-16(33)13-29)17-6-4-5-7-19(17)30-23(26)35/h4-10,16,21H,11-12,14H2,1-3H3,(H,30,35)(H2,31,32,36)/t16-,21-,26-/m0/s1. The summed E-state index contributed by atoms with van der Waals surface area (Å²) in [4.78, 5) is 40.8. The second-order valence-corrected chi connectivity index (χ2v) is 10.4. The van der Waals surface area contributed by atoms with E-state index in [0.717, 1.165) is 17.7 Å². The normalized spacial score (nSPS) is 21.5. The monoisotopic (exact) mass is 495 g/mol. The zero-order valence-electron chi connectivity index (χ0n) is 20.2. The number of hydrogen-bond acceptors (Lipinski definition) is 4. The van der Waals surface area contributed by atoms with Gasteiger partial charge in [0, 0.05) is 24.7 Å². The van der Waals surface area contributed by atoms with E-state index in [1.807, 2.05) is 26.8 Å². The Kier molecular flexibility index (Phi) is 6.43. The summed E-state index contributed by atoms with van der Waals surface area (Å²) in [6.45, 7) is 5.66. The Morgan fingerprint density at radius 2 is 1.97 bits per heavy atom. The highest BCUT2D eigenvalue weighted by atomic mass is 19.1. The molecular formula is C26H27F2N5O3. The lowest BCUT2D eigenvalue weighted by atomic mass is 9.80. The third kappa shape index (κ3) is 4.73. The van der Waals surface area contributed by atoms with Gasteiger partial charge >= 0.3 is 6.03 Å². The van der Waals surface area contributed by atoms with E-state index in [9.17, 15) is 28.4 Å². The lowest BCUT2D eigenvalue weighted by molar-refractivity contribution is -0.134. The molecule has 0 radical (unpaired) electrons. The van der Waals surface area contributed by atoms with Crippen molar-refractivity contribution in [2.45, 2.75) is 51.1 Å². The number of halogens is 2. The van der Waals surface area contributed by atoms with E-state index < -0.39 is 46.5 Å². The zero-order chi connectivity index (χ0) is 26.3. The number of nitriles is 1. The number of hydrogen-bond donors (Lipinski definition) is 3. The van der Waals surface area contributed by atoms with Crippen molar-refractivity contribution in [2.24, 2.45) is 5.41 Å². The van der Waals surface area contributed by atoms with Crippen LogP contribution in [0.4, 0.5) is 25.0 Å². The van der Waals surface area contributed by atoms with Gasteiger partial charge in [-0.15, -0.1) is 0 Å². The number of anilines is 2. The van der Waals surface area contributed by atoms with Crippen molar-refractivity contribution in [3.63, 3.8) is 0 Å². The number of amides is 4. The van der Waals surface area contributed by atoms with Crippen molar-refractivity contribution in [2.75, 3.05) is 17.2 Å². The van der Waals surface area contributed by atoms with Gasteiger partial charge in [-0.3, -0.25) is 9.59 Å². The Balaban J connectivity index is 1.58. The summed E-state index contributed by atoms with van der Waals surface area (Å²) < 4.78 is 27.2. The molecular weight excluding hydrogens is 468 g/mol. The molecule has 0 saturated carbocycles. The van der Waals surface area contributed by atoms with Crippen molar-refractivity contribution in [1.82, 2.24) is 10.2 Å². The van der Waals surface area contributed by atoms with E-state index in [4.69, 9.17) is 0 Å². The Bertz CT molecular complexity index is 1270. The Hall–Kier alpha value is -4.00. The molecule has 36 heavy (non-hydrogen) atoms. The van der Waals surface area contributed by atoms with Gasteiger partial charge in [0.2, 0.25) is 11.8 Å². The highest BCUT2D eigenvalue weighted by Crippen LogP contribution is 2.46. The fraction of sp³-hybridized carbons (Fsp3) is 0.385. The number of rotatable bonds is 4. The molecule has 0 bridgehead atoms. The number of benzene rings is 2. The van der Waals surface area contributed by atoms with Crippen LogP contribution in [-0.2, 0) is 15.0 Å². The van der Waals surface area contributed by atoms with E-state index in [1.54, 1.807) is 18.2 Å². The number of nitrogens with zero attached hydrogens (tertiary/aromatic N) is 2. The molecule has 10 heteroatoms. The van der Waals surface area contributed by atoms with Crippen molar-refractivity contribution in [3.05, 3.63) is 59.7 Å². The molecule has 3 atom stereocenters. The Labute approximate surface area is 207 Å². The topological polar surface area (TPSA) is 114 Å². The summed E-state index contributed by atoms with van der Waals surface area (Å²) in [7, 11) is 0. The van der Waals surface area contributed by atoms with Crippen LogP contribution >= 0.6 is 0 Å². The first-order valence-corrected chi connectivity index (χ1v) is 11.6. The SMILES string of the molecule is CC(C)(C)C[C@H](NC(=O)Nc1ccc(F)cc1F)C(=O)N1C[C@]2(C[C@H]1C#N)C(=O)Nc1ccccc12. The van der Waals surface area contributed by atoms with Gasteiger partial charge in [-0.1, -0.05) is 39.0 Å². The van der Waals surface area contributed by atoms with Crippen LogP contribution in [0, 0.1) is 28.4 Å². The van der Waals surface area contributed by atoms with E-state index in [-0.39, 0.29) is 31.0 Å². The lowest BCUT2D eigenvalue weighted by Gasteiger charge is -2.31. The number of fused-ring (bicyclic) bond motifs is 2.